The van der Waals surface area contributed by atoms with Crippen molar-refractivity contribution in [2.75, 3.05) is 13.2 Å². The first-order valence-corrected chi connectivity index (χ1v) is 11.0. The minimum absolute atomic E-state index is 0.173. The minimum Gasteiger partial charge on any atom is -0.490 e. The summed E-state index contributed by atoms with van der Waals surface area (Å²) in [4.78, 5) is 11.2. The molecule has 4 heteroatoms. The lowest BCUT2D eigenvalue weighted by molar-refractivity contribution is -0.138. The van der Waals surface area contributed by atoms with Gasteiger partial charge in [0.2, 0.25) is 0 Å². The number of carbonyl (C=O) groups excluding carboxylic acids is 1. The Morgan fingerprint density at radius 3 is 2.32 bits per heavy atom. The van der Waals surface area contributed by atoms with E-state index in [0.717, 1.165) is 29.4 Å². The van der Waals surface area contributed by atoms with Crippen molar-refractivity contribution in [3.63, 3.8) is 0 Å². The van der Waals surface area contributed by atoms with E-state index in [2.05, 4.69) is 81.6 Å². The van der Waals surface area contributed by atoms with Crippen molar-refractivity contribution in [3.05, 3.63) is 90.0 Å². The SMILES string of the molecule is C=CC(=O)OCCOc1cc(-c2ccc(-c3ccc(C)cc3)cc2CC)ccc1CS. The zero-order valence-electron chi connectivity index (χ0n) is 18.1. The van der Waals surface area contributed by atoms with E-state index in [1.165, 1.54) is 27.8 Å². The monoisotopic (exact) mass is 432 g/mol. The molecule has 0 N–H and O–H groups in total. The van der Waals surface area contributed by atoms with Crippen LogP contribution < -0.4 is 4.74 Å². The van der Waals surface area contributed by atoms with E-state index in [1.807, 2.05) is 12.1 Å². The summed E-state index contributed by atoms with van der Waals surface area (Å²) in [6.07, 6.45) is 2.07. The summed E-state index contributed by atoms with van der Waals surface area (Å²) in [5.41, 5.74) is 8.25. The summed E-state index contributed by atoms with van der Waals surface area (Å²) >= 11 is 4.42. The van der Waals surface area contributed by atoms with E-state index < -0.39 is 5.97 Å². The molecule has 0 unspecified atom stereocenters. The average Bonchev–Trinajstić information content (AvgIpc) is 2.81. The molecule has 0 saturated carbocycles. The van der Waals surface area contributed by atoms with Crippen molar-refractivity contribution in [1.29, 1.82) is 0 Å². The van der Waals surface area contributed by atoms with E-state index in [9.17, 15) is 4.79 Å². The first-order chi connectivity index (χ1) is 15.0. The molecule has 0 aromatic heterocycles. The van der Waals surface area contributed by atoms with Crippen LogP contribution in [0.5, 0.6) is 5.75 Å². The molecule has 0 radical (unpaired) electrons. The summed E-state index contributed by atoms with van der Waals surface area (Å²) in [6, 6.07) is 21.4. The number of rotatable bonds is 9. The van der Waals surface area contributed by atoms with E-state index in [1.54, 1.807) is 0 Å². The maximum atomic E-state index is 11.2. The number of hydrogen-bond acceptors (Lipinski definition) is 4. The molecule has 0 atom stereocenters. The summed E-state index contributed by atoms with van der Waals surface area (Å²) in [6.45, 7) is 8.11. The van der Waals surface area contributed by atoms with Gasteiger partial charge in [0.15, 0.2) is 0 Å². The quantitative estimate of drug-likeness (QED) is 0.183. The van der Waals surface area contributed by atoms with Crippen LogP contribution in [0.25, 0.3) is 22.3 Å². The molecule has 0 amide bonds. The molecule has 160 valence electrons. The van der Waals surface area contributed by atoms with E-state index >= 15 is 0 Å². The lowest BCUT2D eigenvalue weighted by Gasteiger charge is -2.15. The molecule has 31 heavy (non-hydrogen) atoms. The molecule has 0 fully saturated rings. The van der Waals surface area contributed by atoms with Gasteiger partial charge in [0.25, 0.3) is 0 Å². The van der Waals surface area contributed by atoms with Crippen LogP contribution in [0, 0.1) is 6.92 Å². The number of hydrogen-bond donors (Lipinski definition) is 1. The molecular formula is C27H28O3S. The Labute approximate surface area is 190 Å². The molecule has 3 aromatic carbocycles. The van der Waals surface area contributed by atoms with Gasteiger partial charge in [-0.1, -0.05) is 73.7 Å². The Hall–Kier alpha value is -2.98. The summed E-state index contributed by atoms with van der Waals surface area (Å²) in [5.74, 6) is 0.870. The third kappa shape index (κ3) is 5.80. The van der Waals surface area contributed by atoms with Crippen LogP contribution in [-0.2, 0) is 21.7 Å². The number of aryl methyl sites for hydroxylation is 2. The van der Waals surface area contributed by atoms with Crippen LogP contribution in [0.3, 0.4) is 0 Å². The zero-order valence-corrected chi connectivity index (χ0v) is 19.0. The third-order valence-electron chi connectivity index (χ3n) is 5.17. The fourth-order valence-corrected chi connectivity index (χ4v) is 3.69. The minimum atomic E-state index is -0.451. The van der Waals surface area contributed by atoms with Crippen molar-refractivity contribution in [3.8, 4) is 28.0 Å². The van der Waals surface area contributed by atoms with Gasteiger partial charge in [0.1, 0.15) is 19.0 Å². The molecule has 0 aliphatic heterocycles. The topological polar surface area (TPSA) is 35.5 Å². The number of ether oxygens (including phenoxy) is 2. The number of benzene rings is 3. The average molecular weight is 433 g/mol. The standard InChI is InChI=1S/C27H28O3S/c1-4-20-16-22(21-8-6-19(3)7-9-21)12-13-25(20)23-10-11-24(18-31)26(17-23)29-14-15-30-27(28)5-2/h5-13,16-17,31H,2,4,14-15,18H2,1,3H3. The van der Waals surface area contributed by atoms with Crippen LogP contribution >= 0.6 is 12.6 Å². The second-order valence-corrected chi connectivity index (χ2v) is 7.61. The second kappa shape index (κ2) is 10.9. The summed E-state index contributed by atoms with van der Waals surface area (Å²) in [7, 11) is 0. The highest BCUT2D eigenvalue weighted by atomic mass is 32.1. The van der Waals surface area contributed by atoms with Crippen LogP contribution in [0.15, 0.2) is 73.3 Å². The number of thiol groups is 1. The molecule has 0 bridgehead atoms. The van der Waals surface area contributed by atoms with Gasteiger partial charge in [0.05, 0.1) is 0 Å². The van der Waals surface area contributed by atoms with Crippen LogP contribution in [0.1, 0.15) is 23.6 Å². The van der Waals surface area contributed by atoms with E-state index in [-0.39, 0.29) is 13.2 Å². The summed E-state index contributed by atoms with van der Waals surface area (Å²) < 4.78 is 10.9. The lowest BCUT2D eigenvalue weighted by atomic mass is 9.93. The van der Waals surface area contributed by atoms with Crippen molar-refractivity contribution >= 4 is 18.6 Å². The highest BCUT2D eigenvalue weighted by Crippen LogP contribution is 2.33. The molecule has 0 aliphatic rings. The molecule has 3 rings (SSSR count). The van der Waals surface area contributed by atoms with Gasteiger partial charge in [-0.05, 0) is 47.2 Å². The van der Waals surface area contributed by atoms with Crippen LogP contribution in [0.2, 0.25) is 0 Å². The first-order valence-electron chi connectivity index (χ1n) is 10.4. The Morgan fingerprint density at radius 1 is 0.935 bits per heavy atom. The fraction of sp³-hybridized carbons (Fsp3) is 0.222. The molecule has 3 aromatic rings. The normalized spacial score (nSPS) is 10.5. The fourth-order valence-electron chi connectivity index (χ4n) is 3.43. The highest BCUT2D eigenvalue weighted by Gasteiger charge is 2.11. The van der Waals surface area contributed by atoms with Crippen LogP contribution in [-0.4, -0.2) is 19.2 Å². The van der Waals surface area contributed by atoms with Gasteiger partial charge in [-0.15, -0.1) is 0 Å². The van der Waals surface area contributed by atoms with E-state index in [0.29, 0.717) is 5.75 Å². The first kappa shape index (κ1) is 22.7. The lowest BCUT2D eigenvalue weighted by Crippen LogP contribution is -2.10. The number of esters is 1. The molecule has 0 spiro atoms. The Bertz CT molecular complexity index is 1050. The largest absolute Gasteiger partial charge is 0.490 e. The van der Waals surface area contributed by atoms with Crippen molar-refractivity contribution in [1.82, 2.24) is 0 Å². The maximum Gasteiger partial charge on any atom is 0.330 e. The molecule has 0 aliphatic carbocycles. The molecule has 3 nitrogen and oxygen atoms in total. The Balaban J connectivity index is 1.86. The zero-order chi connectivity index (χ0) is 22.2. The highest BCUT2D eigenvalue weighted by molar-refractivity contribution is 7.79. The van der Waals surface area contributed by atoms with Gasteiger partial charge in [-0.3, -0.25) is 0 Å². The molecule has 0 saturated heterocycles. The third-order valence-corrected chi connectivity index (χ3v) is 5.51. The van der Waals surface area contributed by atoms with Gasteiger partial charge in [0, 0.05) is 17.4 Å². The van der Waals surface area contributed by atoms with E-state index in [4.69, 9.17) is 9.47 Å². The summed E-state index contributed by atoms with van der Waals surface area (Å²) in [5, 5.41) is 0. The predicted octanol–water partition coefficient (Wildman–Crippen LogP) is 6.43. The Morgan fingerprint density at radius 2 is 1.65 bits per heavy atom. The van der Waals surface area contributed by atoms with Gasteiger partial charge in [-0.2, -0.15) is 12.6 Å². The number of carbonyl (C=O) groups is 1. The molecular weight excluding hydrogens is 404 g/mol. The Kier molecular flexibility index (Phi) is 7.96. The van der Waals surface area contributed by atoms with Crippen LogP contribution in [0.4, 0.5) is 0 Å². The van der Waals surface area contributed by atoms with Crippen molar-refractivity contribution in [2.24, 2.45) is 0 Å². The van der Waals surface area contributed by atoms with Crippen molar-refractivity contribution < 1.29 is 14.3 Å². The second-order valence-electron chi connectivity index (χ2n) is 7.29. The van der Waals surface area contributed by atoms with Gasteiger partial charge >= 0.3 is 5.97 Å². The predicted molar refractivity (Wildman–Crippen MR) is 131 cm³/mol. The van der Waals surface area contributed by atoms with Gasteiger partial charge in [-0.25, -0.2) is 4.79 Å². The molecule has 0 heterocycles. The van der Waals surface area contributed by atoms with Gasteiger partial charge < -0.3 is 9.47 Å². The van der Waals surface area contributed by atoms with Crippen molar-refractivity contribution in [2.45, 2.75) is 26.0 Å². The smallest absolute Gasteiger partial charge is 0.330 e. The maximum absolute atomic E-state index is 11.2.